The van der Waals surface area contributed by atoms with Gasteiger partial charge in [-0.15, -0.1) is 0 Å². The summed E-state index contributed by atoms with van der Waals surface area (Å²) >= 11 is 0. The van der Waals surface area contributed by atoms with E-state index in [1.807, 2.05) is 0 Å². The molecule has 0 aromatic heterocycles. The molecular formula is C9H14F4N2O2. The Balaban J connectivity index is 4.30. The summed E-state index contributed by atoms with van der Waals surface area (Å²) in [6.45, 7) is 3.30. The summed E-state index contributed by atoms with van der Waals surface area (Å²) in [5.41, 5.74) is 0. The topological polar surface area (TPSA) is 49.4 Å². The maximum Gasteiger partial charge on any atom is 0.383 e. The number of alkyl halides is 4. The Morgan fingerprint density at radius 2 is 1.71 bits per heavy atom. The van der Waals surface area contributed by atoms with Crippen LogP contribution < -0.4 is 5.32 Å². The normalized spacial score (nSPS) is 11.5. The molecule has 0 unspecified atom stereocenters. The van der Waals surface area contributed by atoms with Crippen molar-refractivity contribution in [1.29, 1.82) is 0 Å². The largest absolute Gasteiger partial charge is 0.383 e. The van der Waals surface area contributed by atoms with E-state index in [-0.39, 0.29) is 0 Å². The van der Waals surface area contributed by atoms with Crippen LogP contribution >= 0.6 is 0 Å². The molecule has 100 valence electrons. The van der Waals surface area contributed by atoms with E-state index in [1.54, 1.807) is 13.8 Å². The Morgan fingerprint density at radius 1 is 1.24 bits per heavy atom. The lowest BCUT2D eigenvalue weighted by Gasteiger charge is -2.20. The Kier molecular flexibility index (Phi) is 5.90. The number of hydrogen-bond acceptors (Lipinski definition) is 2. The van der Waals surface area contributed by atoms with Crippen LogP contribution in [0.1, 0.15) is 13.8 Å². The van der Waals surface area contributed by atoms with Crippen LogP contribution in [0, 0.1) is 0 Å². The van der Waals surface area contributed by atoms with Crippen molar-refractivity contribution >= 4 is 11.8 Å². The molecule has 0 spiro atoms. The minimum atomic E-state index is -4.77. The SMILES string of the molecule is CCN(CC)C(=O)CNC(=O)C(F)(F)C(F)F. The second-order valence-corrected chi connectivity index (χ2v) is 3.17. The third kappa shape index (κ3) is 4.20. The summed E-state index contributed by atoms with van der Waals surface area (Å²) in [5.74, 6) is -7.52. The smallest absolute Gasteiger partial charge is 0.342 e. The van der Waals surface area contributed by atoms with Crippen molar-refractivity contribution < 1.29 is 27.2 Å². The van der Waals surface area contributed by atoms with Crippen molar-refractivity contribution in [3.05, 3.63) is 0 Å². The van der Waals surface area contributed by atoms with Crippen LogP contribution in [0.4, 0.5) is 17.6 Å². The Bertz CT molecular complexity index is 280. The lowest BCUT2D eigenvalue weighted by Crippen LogP contribution is -2.48. The number of amides is 2. The first kappa shape index (κ1) is 15.7. The molecule has 0 aromatic carbocycles. The molecule has 0 bridgehead atoms. The van der Waals surface area contributed by atoms with Gasteiger partial charge in [0.2, 0.25) is 5.91 Å². The van der Waals surface area contributed by atoms with Gasteiger partial charge in [0.15, 0.2) is 0 Å². The van der Waals surface area contributed by atoms with E-state index in [9.17, 15) is 27.2 Å². The Morgan fingerprint density at radius 3 is 2.06 bits per heavy atom. The summed E-state index contributed by atoms with van der Waals surface area (Å²) in [6, 6.07) is 0. The van der Waals surface area contributed by atoms with Gasteiger partial charge in [0.1, 0.15) is 0 Å². The highest BCUT2D eigenvalue weighted by atomic mass is 19.3. The minimum Gasteiger partial charge on any atom is -0.342 e. The maximum absolute atomic E-state index is 12.5. The van der Waals surface area contributed by atoms with E-state index in [2.05, 4.69) is 0 Å². The highest BCUT2D eigenvalue weighted by molar-refractivity contribution is 5.88. The maximum atomic E-state index is 12.5. The lowest BCUT2D eigenvalue weighted by atomic mass is 10.3. The van der Waals surface area contributed by atoms with Gasteiger partial charge in [-0.1, -0.05) is 0 Å². The highest BCUT2D eigenvalue weighted by Gasteiger charge is 2.48. The van der Waals surface area contributed by atoms with Gasteiger partial charge in [-0.05, 0) is 13.8 Å². The standard InChI is InChI=1S/C9H14F4N2O2/c1-3-15(4-2)6(16)5-14-8(17)9(12,13)7(10)11/h7H,3-5H2,1-2H3,(H,14,17). The zero-order chi connectivity index (χ0) is 13.6. The molecule has 4 nitrogen and oxygen atoms in total. The van der Waals surface area contributed by atoms with Gasteiger partial charge in [0, 0.05) is 13.1 Å². The Hall–Kier alpha value is -1.34. The minimum absolute atomic E-state index is 0.344. The van der Waals surface area contributed by atoms with Gasteiger partial charge in [0.25, 0.3) is 5.91 Å². The second-order valence-electron chi connectivity index (χ2n) is 3.17. The highest BCUT2D eigenvalue weighted by Crippen LogP contribution is 2.22. The van der Waals surface area contributed by atoms with Gasteiger partial charge in [-0.2, -0.15) is 8.78 Å². The quantitative estimate of drug-likeness (QED) is 0.719. The number of carbonyl (C=O) groups excluding carboxylic acids is 2. The van der Waals surface area contributed by atoms with Crippen LogP contribution in [0.5, 0.6) is 0 Å². The van der Waals surface area contributed by atoms with E-state index in [1.165, 1.54) is 10.2 Å². The summed E-state index contributed by atoms with van der Waals surface area (Å²) in [4.78, 5) is 23.3. The predicted octanol–water partition coefficient (Wildman–Crippen LogP) is 0.871. The molecule has 0 saturated carbocycles. The van der Waals surface area contributed by atoms with Gasteiger partial charge < -0.3 is 10.2 Å². The van der Waals surface area contributed by atoms with Crippen molar-refractivity contribution in [2.24, 2.45) is 0 Å². The zero-order valence-electron chi connectivity index (χ0n) is 9.47. The summed E-state index contributed by atoms with van der Waals surface area (Å²) < 4.78 is 48.5. The van der Waals surface area contributed by atoms with E-state index >= 15 is 0 Å². The van der Waals surface area contributed by atoms with Crippen LogP contribution in [0.15, 0.2) is 0 Å². The molecule has 0 aliphatic rings. The molecule has 2 amide bonds. The van der Waals surface area contributed by atoms with Crippen LogP contribution in [0.3, 0.4) is 0 Å². The van der Waals surface area contributed by atoms with Crippen LogP contribution in [0.25, 0.3) is 0 Å². The molecule has 17 heavy (non-hydrogen) atoms. The van der Waals surface area contributed by atoms with Crippen molar-refractivity contribution in [1.82, 2.24) is 10.2 Å². The van der Waals surface area contributed by atoms with Crippen molar-refractivity contribution in [2.75, 3.05) is 19.6 Å². The molecule has 0 heterocycles. The number of nitrogens with zero attached hydrogens (tertiary/aromatic N) is 1. The van der Waals surface area contributed by atoms with Gasteiger partial charge >= 0.3 is 12.3 Å². The van der Waals surface area contributed by atoms with Crippen molar-refractivity contribution in [2.45, 2.75) is 26.2 Å². The van der Waals surface area contributed by atoms with Crippen LogP contribution in [-0.4, -0.2) is 48.7 Å². The summed E-state index contributed by atoms with van der Waals surface area (Å²) in [5, 5.41) is 1.49. The third-order valence-corrected chi connectivity index (χ3v) is 2.09. The van der Waals surface area contributed by atoms with Crippen LogP contribution in [-0.2, 0) is 9.59 Å². The van der Waals surface area contributed by atoms with Crippen molar-refractivity contribution in [3.8, 4) is 0 Å². The third-order valence-electron chi connectivity index (χ3n) is 2.09. The second kappa shape index (κ2) is 6.41. The molecular weight excluding hydrogens is 244 g/mol. The average molecular weight is 258 g/mol. The summed E-state index contributed by atoms with van der Waals surface area (Å²) in [6.07, 6.45) is -4.09. The number of likely N-dealkylation sites (N-methyl/N-ethyl adjacent to an activating group) is 1. The average Bonchev–Trinajstić information content (AvgIpc) is 2.27. The molecule has 0 aliphatic carbocycles. The van der Waals surface area contributed by atoms with E-state index < -0.39 is 30.7 Å². The number of hydrogen-bond donors (Lipinski definition) is 1. The van der Waals surface area contributed by atoms with Gasteiger partial charge in [-0.3, -0.25) is 9.59 Å². The molecule has 0 aromatic rings. The van der Waals surface area contributed by atoms with E-state index in [0.717, 1.165) is 0 Å². The molecule has 0 radical (unpaired) electrons. The van der Waals surface area contributed by atoms with Gasteiger partial charge in [0.05, 0.1) is 6.54 Å². The molecule has 0 rings (SSSR count). The fraction of sp³-hybridized carbons (Fsp3) is 0.778. The number of rotatable bonds is 6. The molecule has 0 saturated heterocycles. The summed E-state index contributed by atoms with van der Waals surface area (Å²) in [7, 11) is 0. The van der Waals surface area contributed by atoms with Crippen molar-refractivity contribution in [3.63, 3.8) is 0 Å². The Labute approximate surface area is 96.0 Å². The fourth-order valence-electron chi connectivity index (χ4n) is 1.06. The lowest BCUT2D eigenvalue weighted by molar-refractivity contribution is -0.170. The first-order valence-electron chi connectivity index (χ1n) is 4.99. The molecule has 1 N–H and O–H groups in total. The monoisotopic (exact) mass is 258 g/mol. The predicted molar refractivity (Wildman–Crippen MR) is 51.9 cm³/mol. The molecule has 0 fully saturated rings. The molecule has 0 atom stereocenters. The molecule has 8 heteroatoms. The van der Waals surface area contributed by atoms with E-state index in [4.69, 9.17) is 0 Å². The number of halogens is 4. The van der Waals surface area contributed by atoms with Gasteiger partial charge in [-0.25, -0.2) is 8.78 Å². The van der Waals surface area contributed by atoms with E-state index in [0.29, 0.717) is 13.1 Å². The number of nitrogens with one attached hydrogen (secondary N) is 1. The first-order chi connectivity index (χ1) is 7.77. The van der Waals surface area contributed by atoms with Crippen LogP contribution in [0.2, 0.25) is 0 Å². The fourth-order valence-corrected chi connectivity index (χ4v) is 1.06. The first-order valence-corrected chi connectivity index (χ1v) is 4.99. The zero-order valence-corrected chi connectivity index (χ0v) is 9.47. The molecule has 0 aliphatic heterocycles. The number of carbonyl (C=O) groups is 2.